The molecule has 0 bridgehead atoms. The van der Waals surface area contributed by atoms with Crippen LogP contribution >= 0.6 is 0 Å². The maximum Gasteiger partial charge on any atom is 0.0679 e. The second kappa shape index (κ2) is 3.18. The lowest BCUT2D eigenvalue weighted by molar-refractivity contribution is 0.177. The number of aliphatic hydroxyl groups is 1. The summed E-state index contributed by atoms with van der Waals surface area (Å²) >= 11 is 0. The molecule has 1 fully saturated rings. The Morgan fingerprint density at radius 2 is 2.44 bits per heavy atom. The van der Waals surface area contributed by atoms with E-state index in [-0.39, 0.29) is 6.10 Å². The van der Waals surface area contributed by atoms with Gasteiger partial charge in [0.15, 0.2) is 0 Å². The molecule has 0 amide bonds. The molecule has 1 aliphatic heterocycles. The zero-order valence-corrected chi connectivity index (χ0v) is 5.71. The van der Waals surface area contributed by atoms with E-state index in [4.69, 9.17) is 5.11 Å². The number of hydrogen-bond donors (Lipinski definition) is 1. The monoisotopic (exact) mass is 128 g/mol. The quantitative estimate of drug-likeness (QED) is 0.577. The Kier molecular flexibility index (Phi) is 2.49. The van der Waals surface area contributed by atoms with Gasteiger partial charge in [-0.15, -0.1) is 0 Å². The van der Waals surface area contributed by atoms with Crippen molar-refractivity contribution >= 4 is 0 Å². The van der Waals surface area contributed by atoms with Crippen LogP contribution in [0.2, 0.25) is 0 Å². The fraction of sp³-hybridized carbons (Fsp3) is 0.857. The third-order valence-corrected chi connectivity index (χ3v) is 1.72. The zero-order valence-electron chi connectivity index (χ0n) is 5.71. The number of likely N-dealkylation sites (tertiary alicyclic amines) is 1. The minimum absolute atomic E-state index is 0.0726. The molecule has 0 unspecified atom stereocenters. The van der Waals surface area contributed by atoms with Crippen LogP contribution in [-0.4, -0.2) is 35.7 Å². The standard InChI is InChI=1S/C7H14NO/c1-2-4-8-5-3-7(9)6-8/h7,9H,1-6H2/t7-/m1/s1. The number of rotatable bonds is 2. The smallest absolute Gasteiger partial charge is 0.0679 e. The van der Waals surface area contributed by atoms with Gasteiger partial charge in [-0.25, -0.2) is 0 Å². The average Bonchev–Trinajstić information content (AvgIpc) is 2.17. The molecule has 9 heavy (non-hydrogen) atoms. The zero-order chi connectivity index (χ0) is 6.69. The third kappa shape index (κ3) is 1.95. The van der Waals surface area contributed by atoms with Gasteiger partial charge in [0, 0.05) is 13.1 Å². The first kappa shape index (κ1) is 7.03. The Balaban J connectivity index is 2.14. The van der Waals surface area contributed by atoms with Crippen LogP contribution in [-0.2, 0) is 0 Å². The minimum atomic E-state index is -0.0726. The van der Waals surface area contributed by atoms with Crippen LogP contribution in [0.15, 0.2) is 0 Å². The van der Waals surface area contributed by atoms with Gasteiger partial charge in [0.25, 0.3) is 0 Å². The van der Waals surface area contributed by atoms with E-state index in [2.05, 4.69) is 11.8 Å². The molecule has 1 atom stereocenters. The summed E-state index contributed by atoms with van der Waals surface area (Å²) in [7, 11) is 0. The van der Waals surface area contributed by atoms with E-state index in [0.717, 1.165) is 32.5 Å². The SMILES string of the molecule is [CH2]CCN1CC[C@@H](O)C1. The lowest BCUT2D eigenvalue weighted by Crippen LogP contribution is -2.22. The average molecular weight is 128 g/mol. The van der Waals surface area contributed by atoms with Crippen LogP contribution in [0.5, 0.6) is 0 Å². The third-order valence-electron chi connectivity index (χ3n) is 1.72. The van der Waals surface area contributed by atoms with Crippen LogP contribution < -0.4 is 0 Å². The van der Waals surface area contributed by atoms with E-state index in [9.17, 15) is 0 Å². The highest BCUT2D eigenvalue weighted by atomic mass is 16.3. The topological polar surface area (TPSA) is 23.5 Å². The molecule has 53 valence electrons. The summed E-state index contributed by atoms with van der Waals surface area (Å²) in [6.45, 7) is 6.70. The highest BCUT2D eigenvalue weighted by Gasteiger charge is 2.18. The first-order valence-electron chi connectivity index (χ1n) is 3.52. The second-order valence-electron chi connectivity index (χ2n) is 2.60. The van der Waals surface area contributed by atoms with Gasteiger partial charge in [0.05, 0.1) is 6.10 Å². The molecule has 2 nitrogen and oxygen atoms in total. The van der Waals surface area contributed by atoms with Crippen molar-refractivity contribution in [3.05, 3.63) is 6.92 Å². The van der Waals surface area contributed by atoms with E-state index in [1.807, 2.05) is 0 Å². The lowest BCUT2D eigenvalue weighted by Gasteiger charge is -2.11. The Bertz CT molecular complexity index is 83.0. The Morgan fingerprint density at radius 1 is 1.67 bits per heavy atom. The van der Waals surface area contributed by atoms with E-state index in [1.54, 1.807) is 0 Å². The molecular weight excluding hydrogens is 114 g/mol. The maximum atomic E-state index is 9.06. The van der Waals surface area contributed by atoms with Gasteiger partial charge in [-0.3, -0.25) is 0 Å². The molecule has 2 heteroatoms. The molecule has 1 aliphatic rings. The largest absolute Gasteiger partial charge is 0.392 e. The summed E-state index contributed by atoms with van der Waals surface area (Å²) in [6.07, 6.45) is 1.82. The highest BCUT2D eigenvalue weighted by molar-refractivity contribution is 4.73. The first-order chi connectivity index (χ1) is 4.33. The van der Waals surface area contributed by atoms with Gasteiger partial charge >= 0.3 is 0 Å². The van der Waals surface area contributed by atoms with Crippen molar-refractivity contribution in [3.63, 3.8) is 0 Å². The maximum absolute atomic E-state index is 9.06. The van der Waals surface area contributed by atoms with Crippen LogP contribution in [0.3, 0.4) is 0 Å². The van der Waals surface area contributed by atoms with Crippen molar-refractivity contribution in [2.75, 3.05) is 19.6 Å². The van der Waals surface area contributed by atoms with Crippen LogP contribution in [0.1, 0.15) is 12.8 Å². The molecule has 0 aromatic heterocycles. The predicted molar refractivity (Wildman–Crippen MR) is 37.0 cm³/mol. The molecule has 0 aromatic carbocycles. The Morgan fingerprint density at radius 3 is 2.89 bits per heavy atom. The lowest BCUT2D eigenvalue weighted by atomic mass is 10.3. The normalized spacial score (nSPS) is 29.3. The second-order valence-corrected chi connectivity index (χ2v) is 2.60. The van der Waals surface area contributed by atoms with Gasteiger partial charge in [-0.1, -0.05) is 6.92 Å². The molecule has 1 N–H and O–H groups in total. The summed E-state index contributed by atoms with van der Waals surface area (Å²) in [5.41, 5.74) is 0. The van der Waals surface area contributed by atoms with Crippen molar-refractivity contribution < 1.29 is 5.11 Å². The molecule has 1 heterocycles. The molecule has 0 spiro atoms. The Labute approximate surface area is 56.5 Å². The van der Waals surface area contributed by atoms with Crippen molar-refractivity contribution in [1.82, 2.24) is 4.90 Å². The van der Waals surface area contributed by atoms with Crippen molar-refractivity contribution in [3.8, 4) is 0 Å². The molecule has 1 rings (SSSR count). The number of β-amino-alcohol motifs (C(OH)–C–C–N with tert-alkyl or cyclic N) is 1. The molecule has 0 aromatic rings. The summed E-state index contributed by atoms with van der Waals surface area (Å²) in [5, 5.41) is 9.06. The molecule has 1 radical (unpaired) electrons. The highest BCUT2D eigenvalue weighted by Crippen LogP contribution is 2.07. The number of aliphatic hydroxyl groups excluding tert-OH is 1. The van der Waals surface area contributed by atoms with E-state index in [1.165, 1.54) is 0 Å². The van der Waals surface area contributed by atoms with E-state index in [0.29, 0.717) is 0 Å². The van der Waals surface area contributed by atoms with Crippen LogP contribution in [0.4, 0.5) is 0 Å². The molecule has 1 saturated heterocycles. The van der Waals surface area contributed by atoms with E-state index >= 15 is 0 Å². The van der Waals surface area contributed by atoms with Gasteiger partial charge in [-0.05, 0) is 19.4 Å². The summed E-state index contributed by atoms with van der Waals surface area (Å²) in [5.74, 6) is 0. The van der Waals surface area contributed by atoms with Crippen LogP contribution in [0.25, 0.3) is 0 Å². The predicted octanol–water partition coefficient (Wildman–Crippen LogP) is 0.277. The molecule has 0 saturated carbocycles. The van der Waals surface area contributed by atoms with E-state index < -0.39 is 0 Å². The van der Waals surface area contributed by atoms with Gasteiger partial charge in [0.1, 0.15) is 0 Å². The van der Waals surface area contributed by atoms with Gasteiger partial charge < -0.3 is 10.0 Å². The Hall–Kier alpha value is -0.0800. The summed E-state index contributed by atoms with van der Waals surface area (Å²) < 4.78 is 0. The van der Waals surface area contributed by atoms with Crippen LogP contribution in [0, 0.1) is 6.92 Å². The van der Waals surface area contributed by atoms with Crippen molar-refractivity contribution in [2.24, 2.45) is 0 Å². The molecule has 0 aliphatic carbocycles. The van der Waals surface area contributed by atoms with Crippen molar-refractivity contribution in [2.45, 2.75) is 18.9 Å². The minimum Gasteiger partial charge on any atom is -0.392 e. The molecular formula is C7H14NO. The summed E-state index contributed by atoms with van der Waals surface area (Å²) in [4.78, 5) is 2.25. The number of nitrogens with zero attached hydrogens (tertiary/aromatic N) is 1. The van der Waals surface area contributed by atoms with Gasteiger partial charge in [-0.2, -0.15) is 0 Å². The number of hydrogen-bond acceptors (Lipinski definition) is 2. The first-order valence-corrected chi connectivity index (χ1v) is 3.52. The summed E-state index contributed by atoms with van der Waals surface area (Å²) in [6, 6.07) is 0. The van der Waals surface area contributed by atoms with Crippen molar-refractivity contribution in [1.29, 1.82) is 0 Å². The fourth-order valence-corrected chi connectivity index (χ4v) is 1.24. The fourth-order valence-electron chi connectivity index (χ4n) is 1.24. The van der Waals surface area contributed by atoms with Gasteiger partial charge in [0.2, 0.25) is 0 Å².